The van der Waals surface area contributed by atoms with E-state index in [2.05, 4.69) is 12.2 Å². The number of carbonyl (C=O) groups is 1. The van der Waals surface area contributed by atoms with Gasteiger partial charge in [0.2, 0.25) is 5.91 Å². The molecular formula is C13H15FN2O. The molecule has 4 heteroatoms. The van der Waals surface area contributed by atoms with Gasteiger partial charge in [0, 0.05) is 6.54 Å². The lowest BCUT2D eigenvalue weighted by Crippen LogP contribution is -2.52. The van der Waals surface area contributed by atoms with Crippen LogP contribution in [-0.2, 0) is 4.79 Å². The second-order valence-electron chi connectivity index (χ2n) is 4.99. The maximum Gasteiger partial charge on any atom is 0.247 e. The second-order valence-corrected chi connectivity index (χ2v) is 4.99. The van der Waals surface area contributed by atoms with Gasteiger partial charge in [-0.1, -0.05) is 6.92 Å². The first kappa shape index (κ1) is 10.6. The number of carbonyl (C=O) groups excluding carboxylic acids is 1. The molecule has 0 radical (unpaired) electrons. The molecule has 1 N–H and O–H groups in total. The highest BCUT2D eigenvalue weighted by Gasteiger charge is 2.36. The van der Waals surface area contributed by atoms with Gasteiger partial charge in [-0.2, -0.15) is 0 Å². The van der Waals surface area contributed by atoms with E-state index in [4.69, 9.17) is 0 Å². The monoisotopic (exact) mass is 234 g/mol. The summed E-state index contributed by atoms with van der Waals surface area (Å²) in [6.07, 6.45) is 1.90. The van der Waals surface area contributed by atoms with Gasteiger partial charge in [0.15, 0.2) is 0 Å². The predicted octanol–water partition coefficient (Wildman–Crippen LogP) is 2.38. The molecule has 2 aliphatic rings. The minimum absolute atomic E-state index is 0.0376. The molecule has 0 spiro atoms. The first-order chi connectivity index (χ1) is 8.15. The van der Waals surface area contributed by atoms with Gasteiger partial charge in [-0.3, -0.25) is 4.79 Å². The fourth-order valence-corrected chi connectivity index (χ4v) is 2.74. The average Bonchev–Trinajstić information content (AvgIpc) is 2.30. The number of anilines is 2. The molecule has 0 bridgehead atoms. The smallest absolute Gasteiger partial charge is 0.247 e. The highest BCUT2D eigenvalue weighted by molar-refractivity contribution is 6.03. The summed E-state index contributed by atoms with van der Waals surface area (Å²) in [6, 6.07) is 4.40. The van der Waals surface area contributed by atoms with Crippen molar-refractivity contribution in [2.75, 3.05) is 16.8 Å². The number of benzene rings is 1. The van der Waals surface area contributed by atoms with Crippen LogP contribution in [0.4, 0.5) is 15.8 Å². The van der Waals surface area contributed by atoms with Gasteiger partial charge in [0.1, 0.15) is 11.9 Å². The molecule has 2 aliphatic heterocycles. The second kappa shape index (κ2) is 3.72. The molecule has 3 rings (SSSR count). The molecule has 2 heterocycles. The van der Waals surface area contributed by atoms with Crippen molar-refractivity contribution >= 4 is 17.3 Å². The van der Waals surface area contributed by atoms with Crippen LogP contribution in [0.15, 0.2) is 18.2 Å². The number of amides is 1. The average molecular weight is 234 g/mol. The maximum absolute atomic E-state index is 13.3. The summed E-state index contributed by atoms with van der Waals surface area (Å²) in [5, 5.41) is 2.86. The molecule has 1 aromatic carbocycles. The van der Waals surface area contributed by atoms with E-state index in [0.29, 0.717) is 5.92 Å². The summed E-state index contributed by atoms with van der Waals surface area (Å²) in [5.74, 6) is 0.338. The Morgan fingerprint density at radius 2 is 2.29 bits per heavy atom. The third kappa shape index (κ3) is 1.68. The highest BCUT2D eigenvalue weighted by atomic mass is 19.1. The zero-order chi connectivity index (χ0) is 12.0. The van der Waals surface area contributed by atoms with E-state index in [1.54, 1.807) is 6.07 Å². The van der Waals surface area contributed by atoms with Crippen molar-refractivity contribution in [3.63, 3.8) is 0 Å². The Morgan fingerprint density at radius 1 is 1.47 bits per heavy atom. The maximum atomic E-state index is 13.3. The van der Waals surface area contributed by atoms with Crippen molar-refractivity contribution in [3.05, 3.63) is 24.0 Å². The molecule has 1 amide bonds. The van der Waals surface area contributed by atoms with E-state index in [9.17, 15) is 9.18 Å². The Balaban J connectivity index is 2.03. The molecule has 0 aliphatic carbocycles. The van der Waals surface area contributed by atoms with Gasteiger partial charge in [0.25, 0.3) is 0 Å². The van der Waals surface area contributed by atoms with Crippen molar-refractivity contribution in [1.29, 1.82) is 0 Å². The van der Waals surface area contributed by atoms with E-state index in [1.807, 2.05) is 4.90 Å². The largest absolute Gasteiger partial charge is 0.358 e. The lowest BCUT2D eigenvalue weighted by atomic mass is 9.90. The zero-order valence-corrected chi connectivity index (χ0v) is 9.74. The summed E-state index contributed by atoms with van der Waals surface area (Å²) in [5.41, 5.74) is 1.55. The van der Waals surface area contributed by atoms with Crippen molar-refractivity contribution in [2.24, 2.45) is 5.92 Å². The Labute approximate surface area is 99.6 Å². The van der Waals surface area contributed by atoms with Crippen LogP contribution < -0.4 is 10.2 Å². The number of nitrogens with zero attached hydrogens (tertiary/aromatic N) is 1. The summed E-state index contributed by atoms with van der Waals surface area (Å²) < 4.78 is 13.3. The third-order valence-electron chi connectivity index (χ3n) is 3.69. The van der Waals surface area contributed by atoms with Crippen LogP contribution >= 0.6 is 0 Å². The van der Waals surface area contributed by atoms with Gasteiger partial charge in [-0.05, 0) is 37.0 Å². The number of piperidine rings is 1. The molecule has 17 heavy (non-hydrogen) atoms. The first-order valence-electron chi connectivity index (χ1n) is 6.02. The van der Waals surface area contributed by atoms with Crippen molar-refractivity contribution < 1.29 is 9.18 Å². The van der Waals surface area contributed by atoms with Crippen molar-refractivity contribution in [3.8, 4) is 0 Å². The molecular weight excluding hydrogens is 219 g/mol. The normalized spacial score (nSPS) is 27.2. The molecule has 0 saturated carbocycles. The number of rotatable bonds is 0. The van der Waals surface area contributed by atoms with Crippen LogP contribution in [-0.4, -0.2) is 18.5 Å². The molecule has 90 valence electrons. The molecule has 2 unspecified atom stereocenters. The number of hydrogen-bond donors (Lipinski definition) is 1. The topological polar surface area (TPSA) is 32.3 Å². The Kier molecular flexibility index (Phi) is 2.31. The molecule has 0 aromatic heterocycles. The van der Waals surface area contributed by atoms with Crippen LogP contribution in [0.25, 0.3) is 0 Å². The zero-order valence-electron chi connectivity index (χ0n) is 9.74. The van der Waals surface area contributed by atoms with Crippen molar-refractivity contribution in [1.82, 2.24) is 0 Å². The van der Waals surface area contributed by atoms with Gasteiger partial charge < -0.3 is 10.2 Å². The van der Waals surface area contributed by atoms with Crippen LogP contribution in [0.3, 0.4) is 0 Å². The lowest BCUT2D eigenvalue weighted by molar-refractivity contribution is -0.118. The van der Waals surface area contributed by atoms with E-state index in [0.717, 1.165) is 30.8 Å². The number of halogens is 1. The molecule has 1 saturated heterocycles. The van der Waals surface area contributed by atoms with Crippen molar-refractivity contribution in [2.45, 2.75) is 25.8 Å². The van der Waals surface area contributed by atoms with Gasteiger partial charge >= 0.3 is 0 Å². The van der Waals surface area contributed by atoms with E-state index in [1.165, 1.54) is 12.1 Å². The van der Waals surface area contributed by atoms with Gasteiger partial charge in [-0.15, -0.1) is 0 Å². The van der Waals surface area contributed by atoms with Crippen LogP contribution in [0.5, 0.6) is 0 Å². The Hall–Kier alpha value is -1.58. The van der Waals surface area contributed by atoms with Gasteiger partial charge in [-0.25, -0.2) is 4.39 Å². The summed E-state index contributed by atoms with van der Waals surface area (Å²) in [4.78, 5) is 14.0. The summed E-state index contributed by atoms with van der Waals surface area (Å²) in [6.45, 7) is 2.99. The van der Waals surface area contributed by atoms with E-state index >= 15 is 0 Å². The number of nitrogens with one attached hydrogen (secondary N) is 1. The Bertz CT molecular complexity index is 474. The fourth-order valence-electron chi connectivity index (χ4n) is 2.74. The lowest BCUT2D eigenvalue weighted by Gasteiger charge is -2.43. The van der Waals surface area contributed by atoms with Crippen LogP contribution in [0, 0.1) is 11.7 Å². The van der Waals surface area contributed by atoms with Crippen LogP contribution in [0.1, 0.15) is 19.8 Å². The standard InChI is InChI=1S/C13H15FN2O/c1-8-4-5-16-11-7-9(14)2-3-10(11)15-13(17)12(16)6-8/h2-3,7-8,12H,4-6H2,1H3,(H,15,17). The SMILES string of the molecule is CC1CCN2c3cc(F)ccc3NC(=O)C2C1. The van der Waals surface area contributed by atoms with E-state index < -0.39 is 0 Å². The fraction of sp³-hybridized carbons (Fsp3) is 0.462. The third-order valence-corrected chi connectivity index (χ3v) is 3.69. The molecule has 3 nitrogen and oxygen atoms in total. The van der Waals surface area contributed by atoms with Crippen LogP contribution in [0.2, 0.25) is 0 Å². The minimum Gasteiger partial charge on any atom is -0.358 e. The Morgan fingerprint density at radius 3 is 3.12 bits per heavy atom. The van der Waals surface area contributed by atoms with Gasteiger partial charge in [0.05, 0.1) is 11.4 Å². The molecule has 1 fully saturated rings. The molecule has 2 atom stereocenters. The first-order valence-corrected chi connectivity index (χ1v) is 6.02. The summed E-state index contributed by atoms with van der Waals surface area (Å²) in [7, 11) is 0. The highest BCUT2D eigenvalue weighted by Crippen LogP contribution is 2.37. The predicted molar refractivity (Wildman–Crippen MR) is 64.6 cm³/mol. The van der Waals surface area contributed by atoms with E-state index in [-0.39, 0.29) is 17.8 Å². The summed E-state index contributed by atoms with van der Waals surface area (Å²) >= 11 is 0. The minimum atomic E-state index is -0.253. The molecule has 1 aromatic rings. The quantitative estimate of drug-likeness (QED) is 0.747. The number of hydrogen-bond acceptors (Lipinski definition) is 2. The number of fused-ring (bicyclic) bond motifs is 3.